The fraction of sp³-hybridized carbons (Fsp3) is 0.455. The molecule has 1 aromatic carbocycles. The van der Waals surface area contributed by atoms with Gasteiger partial charge in [0.05, 0.1) is 0 Å². The molecule has 0 aliphatic heterocycles. The number of rotatable bonds is 4. The summed E-state index contributed by atoms with van der Waals surface area (Å²) in [6.45, 7) is 3.65. The van der Waals surface area contributed by atoms with Gasteiger partial charge in [0.2, 0.25) is 0 Å². The van der Waals surface area contributed by atoms with Crippen LogP contribution in [0.2, 0.25) is 0 Å². The highest BCUT2D eigenvalue weighted by Gasteiger charge is 2.20. The number of hydrogen-bond donors (Lipinski definition) is 1. The summed E-state index contributed by atoms with van der Waals surface area (Å²) in [5, 5.41) is 0. The van der Waals surface area contributed by atoms with Gasteiger partial charge in [0.25, 0.3) is 0 Å². The third kappa shape index (κ3) is 3.68. The molecule has 0 saturated carbocycles. The molecule has 1 rings (SSSR count). The molecular weight excluding hydrogens is 197 g/mol. The Morgan fingerprint density at radius 1 is 1.36 bits per heavy atom. The van der Waals surface area contributed by atoms with E-state index in [4.69, 9.17) is 5.73 Å². The molecule has 0 bridgehead atoms. The summed E-state index contributed by atoms with van der Waals surface area (Å²) in [5.74, 6) is 0.409. The highest BCUT2D eigenvalue weighted by Crippen LogP contribution is 2.24. The molecule has 14 heavy (non-hydrogen) atoms. The number of alkyl halides is 1. The van der Waals surface area contributed by atoms with Crippen LogP contribution < -0.4 is 5.73 Å². The SMILES string of the molecule is Cc1ccc(SCC(C)(F)CN)cc1. The average molecular weight is 213 g/mol. The molecule has 0 radical (unpaired) electrons. The zero-order valence-electron chi connectivity index (χ0n) is 8.59. The van der Waals surface area contributed by atoms with E-state index < -0.39 is 5.67 Å². The molecule has 0 spiro atoms. The van der Waals surface area contributed by atoms with Crippen LogP contribution >= 0.6 is 11.8 Å². The third-order valence-corrected chi connectivity index (χ3v) is 3.34. The van der Waals surface area contributed by atoms with Crippen molar-refractivity contribution in [3.8, 4) is 0 Å². The lowest BCUT2D eigenvalue weighted by molar-refractivity contribution is 0.234. The number of halogens is 1. The van der Waals surface area contributed by atoms with Crippen LogP contribution in [0, 0.1) is 6.92 Å². The quantitative estimate of drug-likeness (QED) is 0.778. The lowest BCUT2D eigenvalue weighted by Crippen LogP contribution is -2.31. The number of nitrogens with two attached hydrogens (primary N) is 1. The maximum absolute atomic E-state index is 13.4. The Morgan fingerprint density at radius 3 is 2.43 bits per heavy atom. The molecule has 1 nitrogen and oxygen atoms in total. The molecule has 0 fully saturated rings. The normalized spacial score (nSPS) is 15.1. The molecule has 0 aromatic heterocycles. The van der Waals surface area contributed by atoms with E-state index in [1.54, 1.807) is 0 Å². The summed E-state index contributed by atoms with van der Waals surface area (Å²) in [6, 6.07) is 8.07. The molecule has 1 aromatic rings. The number of thioether (sulfide) groups is 1. The first kappa shape index (κ1) is 11.5. The van der Waals surface area contributed by atoms with Gasteiger partial charge in [-0.25, -0.2) is 4.39 Å². The monoisotopic (exact) mass is 213 g/mol. The lowest BCUT2D eigenvalue weighted by atomic mass is 10.2. The fourth-order valence-electron chi connectivity index (χ4n) is 0.927. The second kappa shape index (κ2) is 4.80. The molecule has 0 saturated heterocycles. The highest BCUT2D eigenvalue weighted by molar-refractivity contribution is 7.99. The van der Waals surface area contributed by atoms with Crippen molar-refractivity contribution in [2.75, 3.05) is 12.3 Å². The Hall–Kier alpha value is -0.540. The van der Waals surface area contributed by atoms with Crippen LogP contribution in [0.4, 0.5) is 4.39 Å². The second-order valence-corrected chi connectivity index (χ2v) is 4.77. The third-order valence-electron chi connectivity index (χ3n) is 1.99. The Balaban J connectivity index is 2.50. The molecule has 1 atom stereocenters. The van der Waals surface area contributed by atoms with E-state index in [1.165, 1.54) is 24.2 Å². The molecular formula is C11H16FNS. The molecule has 0 heterocycles. The Bertz CT molecular complexity index is 282. The van der Waals surface area contributed by atoms with E-state index in [-0.39, 0.29) is 6.54 Å². The van der Waals surface area contributed by atoms with Gasteiger partial charge in [-0.05, 0) is 26.0 Å². The molecule has 0 aliphatic carbocycles. The topological polar surface area (TPSA) is 26.0 Å². The van der Waals surface area contributed by atoms with Crippen molar-refractivity contribution in [1.29, 1.82) is 0 Å². The van der Waals surface area contributed by atoms with E-state index in [1.807, 2.05) is 31.2 Å². The van der Waals surface area contributed by atoms with Crippen LogP contribution in [0.5, 0.6) is 0 Å². The largest absolute Gasteiger partial charge is 0.328 e. The van der Waals surface area contributed by atoms with Gasteiger partial charge in [0, 0.05) is 17.2 Å². The molecule has 0 aliphatic rings. The smallest absolute Gasteiger partial charge is 0.129 e. The zero-order valence-corrected chi connectivity index (χ0v) is 9.40. The van der Waals surface area contributed by atoms with Crippen LogP contribution in [0.25, 0.3) is 0 Å². The summed E-state index contributed by atoms with van der Waals surface area (Å²) >= 11 is 1.51. The van der Waals surface area contributed by atoms with Gasteiger partial charge in [-0.1, -0.05) is 17.7 Å². The summed E-state index contributed by atoms with van der Waals surface area (Å²) in [4.78, 5) is 1.09. The zero-order chi connectivity index (χ0) is 10.6. The van der Waals surface area contributed by atoms with Gasteiger partial charge in [-0.3, -0.25) is 0 Å². The summed E-state index contributed by atoms with van der Waals surface area (Å²) < 4.78 is 13.4. The maximum atomic E-state index is 13.4. The number of hydrogen-bond acceptors (Lipinski definition) is 2. The van der Waals surface area contributed by atoms with Crippen LogP contribution in [0.3, 0.4) is 0 Å². The van der Waals surface area contributed by atoms with Crippen molar-refractivity contribution in [3.63, 3.8) is 0 Å². The van der Waals surface area contributed by atoms with Crippen molar-refractivity contribution in [3.05, 3.63) is 29.8 Å². The van der Waals surface area contributed by atoms with Crippen LogP contribution in [-0.2, 0) is 0 Å². The summed E-state index contributed by atoms with van der Waals surface area (Å²) in [7, 11) is 0. The van der Waals surface area contributed by atoms with Crippen molar-refractivity contribution in [2.24, 2.45) is 5.73 Å². The lowest BCUT2D eigenvalue weighted by Gasteiger charge is -2.16. The first-order chi connectivity index (χ1) is 6.53. The fourth-order valence-corrected chi connectivity index (χ4v) is 1.84. The predicted octanol–water partition coefficient (Wildman–Crippen LogP) is 2.77. The minimum atomic E-state index is -1.27. The van der Waals surface area contributed by atoms with Crippen molar-refractivity contribution in [1.82, 2.24) is 0 Å². The minimum Gasteiger partial charge on any atom is -0.328 e. The Labute approximate surface area is 88.9 Å². The van der Waals surface area contributed by atoms with Gasteiger partial charge in [0.1, 0.15) is 5.67 Å². The van der Waals surface area contributed by atoms with Gasteiger partial charge in [0.15, 0.2) is 0 Å². The van der Waals surface area contributed by atoms with Gasteiger partial charge >= 0.3 is 0 Å². The number of benzene rings is 1. The standard InChI is InChI=1S/C11H16FNS/c1-9-3-5-10(6-4-9)14-8-11(2,12)7-13/h3-6H,7-8,13H2,1-2H3. The molecule has 1 unspecified atom stereocenters. The van der Waals surface area contributed by atoms with Gasteiger partial charge in [-0.2, -0.15) is 0 Å². The van der Waals surface area contributed by atoms with E-state index in [2.05, 4.69) is 0 Å². The van der Waals surface area contributed by atoms with E-state index in [0.29, 0.717) is 5.75 Å². The van der Waals surface area contributed by atoms with Crippen LogP contribution in [0.15, 0.2) is 29.2 Å². The Morgan fingerprint density at radius 2 is 1.93 bits per heavy atom. The number of aryl methyl sites for hydroxylation is 1. The van der Waals surface area contributed by atoms with Crippen molar-refractivity contribution < 1.29 is 4.39 Å². The molecule has 3 heteroatoms. The van der Waals surface area contributed by atoms with E-state index in [0.717, 1.165) is 4.90 Å². The van der Waals surface area contributed by atoms with E-state index >= 15 is 0 Å². The predicted molar refractivity (Wildman–Crippen MR) is 60.5 cm³/mol. The van der Waals surface area contributed by atoms with Gasteiger partial charge < -0.3 is 5.73 Å². The first-order valence-corrected chi connectivity index (χ1v) is 5.60. The van der Waals surface area contributed by atoms with E-state index in [9.17, 15) is 4.39 Å². The maximum Gasteiger partial charge on any atom is 0.129 e. The van der Waals surface area contributed by atoms with Crippen LogP contribution in [0.1, 0.15) is 12.5 Å². The van der Waals surface area contributed by atoms with Crippen LogP contribution in [-0.4, -0.2) is 18.0 Å². The minimum absolute atomic E-state index is 0.0753. The van der Waals surface area contributed by atoms with Gasteiger partial charge in [-0.15, -0.1) is 11.8 Å². The summed E-state index contributed by atoms with van der Waals surface area (Å²) in [5.41, 5.74) is 5.26. The average Bonchev–Trinajstić information content (AvgIpc) is 2.17. The van der Waals surface area contributed by atoms with Crippen molar-refractivity contribution >= 4 is 11.8 Å². The summed E-state index contributed by atoms with van der Waals surface area (Å²) in [6.07, 6.45) is 0. The highest BCUT2D eigenvalue weighted by atomic mass is 32.2. The molecule has 0 amide bonds. The Kier molecular flexibility index (Phi) is 3.96. The molecule has 2 N–H and O–H groups in total. The first-order valence-electron chi connectivity index (χ1n) is 4.62. The second-order valence-electron chi connectivity index (χ2n) is 3.72. The molecule has 78 valence electrons. The van der Waals surface area contributed by atoms with Crippen molar-refractivity contribution in [2.45, 2.75) is 24.4 Å².